The molecule has 0 saturated heterocycles. The molecule has 1 rings (SSSR count). The molecular weight excluding hydrogens is 280 g/mol. The molecular formula is C13H25ClN4O2. The molecule has 1 aromatic rings. The van der Waals surface area contributed by atoms with Crippen LogP contribution in [0.2, 0.25) is 0 Å². The number of nitrogens with zero attached hydrogens (tertiary/aromatic N) is 2. The summed E-state index contributed by atoms with van der Waals surface area (Å²) in [6.45, 7) is 5.55. The van der Waals surface area contributed by atoms with E-state index in [0.717, 1.165) is 12.8 Å². The number of amides is 1. The number of methoxy groups -OCH3 is 1. The van der Waals surface area contributed by atoms with Crippen LogP contribution in [-0.4, -0.2) is 35.9 Å². The van der Waals surface area contributed by atoms with Crippen molar-refractivity contribution in [1.29, 1.82) is 0 Å². The Bertz CT molecular complexity index is 397. The zero-order chi connectivity index (χ0) is 14.3. The first-order chi connectivity index (χ1) is 9.11. The number of carbonyl (C=O) groups excluding carboxylic acids is 1. The Balaban J connectivity index is 0.00000361. The van der Waals surface area contributed by atoms with Crippen LogP contribution < -0.4 is 11.1 Å². The fourth-order valence-electron chi connectivity index (χ4n) is 1.94. The summed E-state index contributed by atoms with van der Waals surface area (Å²) in [6, 6.07) is 1.78. The Morgan fingerprint density at radius 2 is 2.15 bits per heavy atom. The van der Waals surface area contributed by atoms with Crippen LogP contribution in [0.5, 0.6) is 0 Å². The highest BCUT2D eigenvalue weighted by molar-refractivity contribution is 5.94. The van der Waals surface area contributed by atoms with Gasteiger partial charge in [-0.2, -0.15) is 5.10 Å². The van der Waals surface area contributed by atoms with Crippen molar-refractivity contribution in [2.24, 2.45) is 11.1 Å². The van der Waals surface area contributed by atoms with Crippen LogP contribution in [0.15, 0.2) is 12.3 Å². The van der Waals surface area contributed by atoms with Gasteiger partial charge in [-0.25, -0.2) is 0 Å². The van der Waals surface area contributed by atoms with E-state index in [1.165, 1.54) is 0 Å². The summed E-state index contributed by atoms with van der Waals surface area (Å²) in [5.41, 5.74) is 5.25. The molecule has 7 heteroatoms. The minimum absolute atomic E-state index is 0. The summed E-state index contributed by atoms with van der Waals surface area (Å²) in [7, 11) is 1.64. The molecule has 0 bridgehead atoms. The average Bonchev–Trinajstić information content (AvgIpc) is 2.86. The summed E-state index contributed by atoms with van der Waals surface area (Å²) in [5, 5.41) is 7.11. The standard InChI is InChI=1S/C13H24N4O2.ClH/c1-4-13(5-2,10-14)12(18)15-11-6-7-17(16-11)8-9-19-3;/h6-7H,4-5,8-10,14H2,1-3H3,(H,15,16,18);1H. The Morgan fingerprint density at radius 1 is 1.50 bits per heavy atom. The Labute approximate surface area is 126 Å². The van der Waals surface area contributed by atoms with Gasteiger partial charge in [0.2, 0.25) is 5.91 Å². The molecule has 0 atom stereocenters. The SMILES string of the molecule is CCC(CC)(CN)C(=O)Nc1ccn(CCOC)n1.Cl. The van der Waals surface area contributed by atoms with Crippen LogP contribution in [-0.2, 0) is 16.1 Å². The Kier molecular flexibility index (Phi) is 8.45. The molecule has 6 nitrogen and oxygen atoms in total. The summed E-state index contributed by atoms with van der Waals surface area (Å²) in [5.74, 6) is 0.498. The molecule has 0 radical (unpaired) electrons. The van der Waals surface area contributed by atoms with Crippen molar-refractivity contribution in [3.05, 3.63) is 12.3 Å². The number of halogens is 1. The second-order valence-corrected chi connectivity index (χ2v) is 4.60. The smallest absolute Gasteiger partial charge is 0.233 e. The largest absolute Gasteiger partial charge is 0.383 e. The summed E-state index contributed by atoms with van der Waals surface area (Å²) in [6.07, 6.45) is 3.25. The van der Waals surface area contributed by atoms with Gasteiger partial charge in [0, 0.05) is 25.9 Å². The van der Waals surface area contributed by atoms with Gasteiger partial charge in [0.05, 0.1) is 18.6 Å². The van der Waals surface area contributed by atoms with Gasteiger partial charge in [0.25, 0.3) is 0 Å². The molecule has 1 amide bonds. The number of carbonyl (C=O) groups is 1. The second kappa shape index (κ2) is 8.94. The molecule has 20 heavy (non-hydrogen) atoms. The van der Waals surface area contributed by atoms with Crippen molar-refractivity contribution < 1.29 is 9.53 Å². The molecule has 0 aliphatic heterocycles. The van der Waals surface area contributed by atoms with E-state index in [9.17, 15) is 4.79 Å². The van der Waals surface area contributed by atoms with Crippen molar-refractivity contribution in [3.8, 4) is 0 Å². The van der Waals surface area contributed by atoms with Crippen LogP contribution >= 0.6 is 12.4 Å². The maximum atomic E-state index is 12.3. The molecule has 0 unspecified atom stereocenters. The lowest BCUT2D eigenvalue weighted by atomic mass is 9.81. The third-order valence-electron chi connectivity index (χ3n) is 3.63. The van der Waals surface area contributed by atoms with Crippen molar-refractivity contribution in [3.63, 3.8) is 0 Å². The number of hydrogen-bond donors (Lipinski definition) is 2. The minimum Gasteiger partial charge on any atom is -0.383 e. The predicted molar refractivity (Wildman–Crippen MR) is 82.1 cm³/mol. The molecule has 0 saturated carbocycles. The third kappa shape index (κ3) is 4.47. The van der Waals surface area contributed by atoms with E-state index in [0.29, 0.717) is 25.5 Å². The van der Waals surface area contributed by atoms with Crippen LogP contribution in [0.1, 0.15) is 26.7 Å². The molecule has 0 spiro atoms. The van der Waals surface area contributed by atoms with E-state index >= 15 is 0 Å². The van der Waals surface area contributed by atoms with Gasteiger partial charge in [0.15, 0.2) is 5.82 Å². The number of aromatic nitrogens is 2. The van der Waals surface area contributed by atoms with E-state index in [1.807, 2.05) is 20.0 Å². The van der Waals surface area contributed by atoms with Gasteiger partial charge in [-0.3, -0.25) is 9.48 Å². The number of hydrogen-bond acceptors (Lipinski definition) is 4. The lowest BCUT2D eigenvalue weighted by Gasteiger charge is -2.27. The van der Waals surface area contributed by atoms with Crippen molar-refractivity contribution in [2.45, 2.75) is 33.2 Å². The first-order valence-electron chi connectivity index (χ1n) is 6.65. The third-order valence-corrected chi connectivity index (χ3v) is 3.63. The number of nitrogens with two attached hydrogens (primary N) is 1. The average molecular weight is 305 g/mol. The minimum atomic E-state index is -0.504. The Morgan fingerprint density at radius 3 is 2.65 bits per heavy atom. The molecule has 3 N–H and O–H groups in total. The second-order valence-electron chi connectivity index (χ2n) is 4.60. The lowest BCUT2D eigenvalue weighted by Crippen LogP contribution is -2.41. The topological polar surface area (TPSA) is 82.2 Å². The monoisotopic (exact) mass is 304 g/mol. The van der Waals surface area contributed by atoms with Gasteiger partial charge in [0.1, 0.15) is 0 Å². The van der Waals surface area contributed by atoms with E-state index in [4.69, 9.17) is 10.5 Å². The summed E-state index contributed by atoms with van der Waals surface area (Å²) < 4.78 is 6.72. The Hall–Kier alpha value is -1.11. The van der Waals surface area contributed by atoms with Crippen LogP contribution in [0, 0.1) is 5.41 Å². The van der Waals surface area contributed by atoms with Crippen molar-refractivity contribution in [2.75, 3.05) is 25.6 Å². The molecule has 1 aromatic heterocycles. The van der Waals surface area contributed by atoms with E-state index in [2.05, 4.69) is 10.4 Å². The quantitative estimate of drug-likeness (QED) is 0.765. The number of ether oxygens (including phenoxy) is 1. The van der Waals surface area contributed by atoms with Gasteiger partial charge in [-0.05, 0) is 12.8 Å². The van der Waals surface area contributed by atoms with Gasteiger partial charge in [-0.1, -0.05) is 13.8 Å². The molecule has 0 aliphatic rings. The zero-order valence-electron chi connectivity index (χ0n) is 12.4. The van der Waals surface area contributed by atoms with Crippen molar-refractivity contribution >= 4 is 24.1 Å². The fourth-order valence-corrected chi connectivity index (χ4v) is 1.94. The number of anilines is 1. The highest BCUT2D eigenvalue weighted by Gasteiger charge is 2.33. The molecule has 0 fully saturated rings. The maximum Gasteiger partial charge on any atom is 0.233 e. The van der Waals surface area contributed by atoms with E-state index in [-0.39, 0.29) is 18.3 Å². The molecule has 116 valence electrons. The van der Waals surface area contributed by atoms with E-state index < -0.39 is 5.41 Å². The van der Waals surface area contributed by atoms with Crippen LogP contribution in [0.3, 0.4) is 0 Å². The van der Waals surface area contributed by atoms with Crippen LogP contribution in [0.4, 0.5) is 5.82 Å². The van der Waals surface area contributed by atoms with Gasteiger partial charge in [-0.15, -0.1) is 12.4 Å². The lowest BCUT2D eigenvalue weighted by molar-refractivity contribution is -0.125. The number of nitrogens with one attached hydrogen (secondary N) is 1. The first-order valence-corrected chi connectivity index (χ1v) is 6.65. The number of rotatable bonds is 8. The molecule has 0 aliphatic carbocycles. The fraction of sp³-hybridized carbons (Fsp3) is 0.692. The van der Waals surface area contributed by atoms with Crippen molar-refractivity contribution in [1.82, 2.24) is 9.78 Å². The maximum absolute atomic E-state index is 12.3. The molecule has 0 aromatic carbocycles. The van der Waals surface area contributed by atoms with Gasteiger partial charge < -0.3 is 15.8 Å². The molecule has 1 heterocycles. The van der Waals surface area contributed by atoms with E-state index in [1.54, 1.807) is 17.9 Å². The van der Waals surface area contributed by atoms with Gasteiger partial charge >= 0.3 is 0 Å². The summed E-state index contributed by atoms with van der Waals surface area (Å²) in [4.78, 5) is 12.3. The predicted octanol–water partition coefficient (Wildman–Crippen LogP) is 1.65. The highest BCUT2D eigenvalue weighted by Crippen LogP contribution is 2.26. The highest BCUT2D eigenvalue weighted by atomic mass is 35.5. The normalized spacial score (nSPS) is 11.0. The summed E-state index contributed by atoms with van der Waals surface area (Å²) >= 11 is 0. The zero-order valence-corrected chi connectivity index (χ0v) is 13.2. The van der Waals surface area contributed by atoms with Crippen LogP contribution in [0.25, 0.3) is 0 Å². The first kappa shape index (κ1) is 18.9.